The van der Waals surface area contributed by atoms with Gasteiger partial charge in [-0.05, 0) is 33.6 Å². The van der Waals surface area contributed by atoms with Gasteiger partial charge in [-0.2, -0.15) is 0 Å². The van der Waals surface area contributed by atoms with Crippen molar-refractivity contribution in [1.29, 1.82) is 0 Å². The minimum Gasteiger partial charge on any atom is -0.496 e. The zero-order chi connectivity index (χ0) is 12.8. The van der Waals surface area contributed by atoms with Crippen LogP contribution in [0.1, 0.15) is 5.56 Å². The number of hydrogen-bond acceptors (Lipinski definition) is 4. The monoisotopic (exact) mass is 301 g/mol. The van der Waals surface area contributed by atoms with Gasteiger partial charge in [-0.15, -0.1) is 0 Å². The predicted molar refractivity (Wildman–Crippen MR) is 64.6 cm³/mol. The standard InChI is InChI=1S/C11H12BrNO4/c1-16-9-4-3-7(5-8(9)12)6-13-10(14)11(15)17-2/h3-5H,6H2,1-2H3,(H,13,14). The fourth-order valence-electron chi connectivity index (χ4n) is 1.17. The van der Waals surface area contributed by atoms with Crippen LogP contribution in [0.2, 0.25) is 0 Å². The molecule has 0 heterocycles. The molecule has 0 radical (unpaired) electrons. The second-order valence-corrected chi connectivity index (χ2v) is 4.00. The Kier molecular flexibility index (Phi) is 4.96. The fourth-order valence-corrected chi connectivity index (χ4v) is 1.76. The van der Waals surface area contributed by atoms with Gasteiger partial charge in [0.2, 0.25) is 0 Å². The van der Waals surface area contributed by atoms with Gasteiger partial charge in [0.25, 0.3) is 0 Å². The molecule has 0 fully saturated rings. The van der Waals surface area contributed by atoms with E-state index in [4.69, 9.17) is 4.74 Å². The highest BCUT2D eigenvalue weighted by Crippen LogP contribution is 2.25. The molecule has 1 aromatic carbocycles. The van der Waals surface area contributed by atoms with Crippen LogP contribution in [0, 0.1) is 0 Å². The molecule has 0 spiro atoms. The smallest absolute Gasteiger partial charge is 0.396 e. The molecule has 1 aromatic rings. The van der Waals surface area contributed by atoms with Gasteiger partial charge >= 0.3 is 11.9 Å². The molecule has 0 unspecified atom stereocenters. The van der Waals surface area contributed by atoms with Crippen molar-refractivity contribution in [2.45, 2.75) is 6.54 Å². The maximum absolute atomic E-state index is 11.1. The zero-order valence-corrected chi connectivity index (χ0v) is 11.0. The van der Waals surface area contributed by atoms with Crippen LogP contribution in [0.15, 0.2) is 22.7 Å². The summed E-state index contributed by atoms with van der Waals surface area (Å²) in [4.78, 5) is 22.0. The molecule has 17 heavy (non-hydrogen) atoms. The molecule has 1 N–H and O–H groups in total. The first-order chi connectivity index (χ1) is 8.08. The molecule has 5 nitrogen and oxygen atoms in total. The van der Waals surface area contributed by atoms with Crippen LogP contribution >= 0.6 is 15.9 Å². The third-order valence-corrected chi connectivity index (χ3v) is 2.66. The Balaban J connectivity index is 2.61. The number of carbonyl (C=O) groups excluding carboxylic acids is 2. The van der Waals surface area contributed by atoms with Gasteiger partial charge in [0.05, 0.1) is 18.7 Å². The topological polar surface area (TPSA) is 64.6 Å². The number of hydrogen-bond donors (Lipinski definition) is 1. The van der Waals surface area contributed by atoms with Gasteiger partial charge in [-0.25, -0.2) is 4.79 Å². The predicted octanol–water partition coefficient (Wildman–Crippen LogP) is 1.25. The zero-order valence-electron chi connectivity index (χ0n) is 9.45. The van der Waals surface area contributed by atoms with E-state index >= 15 is 0 Å². The van der Waals surface area contributed by atoms with E-state index in [1.807, 2.05) is 0 Å². The molecular formula is C11H12BrNO4. The van der Waals surface area contributed by atoms with Crippen molar-refractivity contribution in [3.05, 3.63) is 28.2 Å². The summed E-state index contributed by atoms with van der Waals surface area (Å²) < 4.78 is 10.1. The van der Waals surface area contributed by atoms with Gasteiger partial charge in [-0.3, -0.25) is 4.79 Å². The van der Waals surface area contributed by atoms with Crippen LogP contribution in [0.25, 0.3) is 0 Å². The van der Waals surface area contributed by atoms with Crippen LogP contribution in [0.5, 0.6) is 5.75 Å². The van der Waals surface area contributed by atoms with Crippen LogP contribution in [-0.4, -0.2) is 26.1 Å². The number of halogens is 1. The van der Waals surface area contributed by atoms with Crippen LogP contribution in [0.3, 0.4) is 0 Å². The van der Waals surface area contributed by atoms with Crippen LogP contribution in [0.4, 0.5) is 0 Å². The fraction of sp³-hybridized carbons (Fsp3) is 0.273. The largest absolute Gasteiger partial charge is 0.496 e. The molecule has 0 saturated carbocycles. The lowest BCUT2D eigenvalue weighted by Gasteiger charge is -2.07. The van der Waals surface area contributed by atoms with E-state index in [-0.39, 0.29) is 6.54 Å². The van der Waals surface area contributed by atoms with Gasteiger partial charge in [0.15, 0.2) is 0 Å². The second kappa shape index (κ2) is 6.24. The van der Waals surface area contributed by atoms with Crippen LogP contribution in [-0.2, 0) is 20.9 Å². The van der Waals surface area contributed by atoms with E-state index in [0.29, 0.717) is 5.75 Å². The van der Waals surface area contributed by atoms with E-state index in [9.17, 15) is 9.59 Å². The summed E-state index contributed by atoms with van der Waals surface area (Å²) in [5.74, 6) is -0.968. The van der Waals surface area contributed by atoms with E-state index < -0.39 is 11.9 Å². The van der Waals surface area contributed by atoms with Crippen molar-refractivity contribution < 1.29 is 19.1 Å². The third kappa shape index (κ3) is 3.74. The Labute approximate surface area is 107 Å². The minimum absolute atomic E-state index is 0.247. The van der Waals surface area contributed by atoms with Crippen molar-refractivity contribution in [2.24, 2.45) is 0 Å². The van der Waals surface area contributed by atoms with Gasteiger partial charge < -0.3 is 14.8 Å². The summed E-state index contributed by atoms with van der Waals surface area (Å²) in [6, 6.07) is 5.36. The van der Waals surface area contributed by atoms with Crippen molar-refractivity contribution in [1.82, 2.24) is 5.32 Å². The van der Waals surface area contributed by atoms with Crippen molar-refractivity contribution >= 4 is 27.8 Å². The average molecular weight is 302 g/mol. The normalized spacial score (nSPS) is 9.59. The molecule has 6 heteroatoms. The molecule has 92 valence electrons. The Morgan fingerprint density at radius 1 is 1.35 bits per heavy atom. The van der Waals surface area contributed by atoms with E-state index in [0.717, 1.165) is 17.1 Å². The molecule has 0 bridgehead atoms. The second-order valence-electron chi connectivity index (χ2n) is 3.14. The van der Waals surface area contributed by atoms with E-state index in [2.05, 4.69) is 26.0 Å². The van der Waals surface area contributed by atoms with Crippen molar-refractivity contribution in [3.63, 3.8) is 0 Å². The molecule has 0 atom stereocenters. The number of rotatable bonds is 3. The van der Waals surface area contributed by atoms with Gasteiger partial charge in [-0.1, -0.05) is 6.07 Å². The highest BCUT2D eigenvalue weighted by molar-refractivity contribution is 9.10. The first kappa shape index (κ1) is 13.5. The summed E-state index contributed by atoms with van der Waals surface area (Å²) in [5, 5.41) is 2.44. The molecule has 1 rings (SSSR count). The summed E-state index contributed by atoms with van der Waals surface area (Å²) >= 11 is 3.33. The highest BCUT2D eigenvalue weighted by Gasteiger charge is 2.12. The molecular weight excluding hydrogens is 290 g/mol. The summed E-state index contributed by atoms with van der Waals surface area (Å²) in [5.41, 5.74) is 0.843. The molecule has 0 aromatic heterocycles. The number of methoxy groups -OCH3 is 2. The summed E-state index contributed by atoms with van der Waals surface area (Å²) in [6.07, 6.45) is 0. The van der Waals surface area contributed by atoms with Crippen molar-refractivity contribution in [2.75, 3.05) is 14.2 Å². The van der Waals surface area contributed by atoms with Gasteiger partial charge in [0.1, 0.15) is 5.75 Å². The number of nitrogens with one attached hydrogen (secondary N) is 1. The summed E-state index contributed by atoms with van der Waals surface area (Å²) in [6.45, 7) is 0.247. The quantitative estimate of drug-likeness (QED) is 0.674. The van der Waals surface area contributed by atoms with Crippen molar-refractivity contribution in [3.8, 4) is 5.75 Å². The molecule has 1 amide bonds. The van der Waals surface area contributed by atoms with Crippen LogP contribution < -0.4 is 10.1 Å². The molecule has 0 aliphatic heterocycles. The average Bonchev–Trinajstić information content (AvgIpc) is 2.35. The first-order valence-electron chi connectivity index (χ1n) is 4.77. The lowest BCUT2D eigenvalue weighted by molar-refractivity contribution is -0.152. The Morgan fingerprint density at radius 3 is 2.59 bits per heavy atom. The Bertz CT molecular complexity index is 433. The number of ether oxygens (including phenoxy) is 2. The molecule has 0 aliphatic rings. The molecule has 0 aliphatic carbocycles. The number of carbonyl (C=O) groups is 2. The Hall–Kier alpha value is -1.56. The lowest BCUT2D eigenvalue weighted by atomic mass is 10.2. The SMILES string of the molecule is COC(=O)C(=O)NCc1ccc(OC)c(Br)c1. The van der Waals surface area contributed by atoms with E-state index in [1.54, 1.807) is 25.3 Å². The van der Waals surface area contributed by atoms with Gasteiger partial charge in [0, 0.05) is 6.54 Å². The number of esters is 1. The highest BCUT2D eigenvalue weighted by atomic mass is 79.9. The maximum Gasteiger partial charge on any atom is 0.396 e. The minimum atomic E-state index is -0.905. The number of amides is 1. The van der Waals surface area contributed by atoms with E-state index in [1.165, 1.54) is 0 Å². The first-order valence-corrected chi connectivity index (χ1v) is 5.56. The number of benzene rings is 1. The lowest BCUT2D eigenvalue weighted by Crippen LogP contribution is -2.31. The maximum atomic E-state index is 11.1. The Morgan fingerprint density at radius 2 is 2.06 bits per heavy atom. The summed E-state index contributed by atoms with van der Waals surface area (Å²) in [7, 11) is 2.73. The third-order valence-electron chi connectivity index (χ3n) is 2.04. The molecule has 0 saturated heterocycles.